The van der Waals surface area contributed by atoms with Crippen LogP contribution in [0.25, 0.3) is 0 Å². The number of hydrogen-bond acceptors (Lipinski definition) is 3. The summed E-state index contributed by atoms with van der Waals surface area (Å²) in [5, 5.41) is 11.1. The van der Waals surface area contributed by atoms with Crippen LogP contribution in [0, 0.1) is 5.92 Å². The standard InChI is InChI=1S/C9H11NO2/c1-6-4-8(6)9-3-2-7(12-9)5-10-11/h2-3,5-6,8,11H,4H2,1H3/b10-5-/t6-,8+/m0/s1. The fraction of sp³-hybridized carbons (Fsp3) is 0.444. The Morgan fingerprint density at radius 3 is 3.00 bits per heavy atom. The largest absolute Gasteiger partial charge is 0.460 e. The topological polar surface area (TPSA) is 45.7 Å². The molecule has 0 aliphatic heterocycles. The van der Waals surface area contributed by atoms with E-state index in [0.717, 1.165) is 11.7 Å². The van der Waals surface area contributed by atoms with E-state index in [0.29, 0.717) is 11.7 Å². The minimum absolute atomic E-state index is 0.589. The maximum absolute atomic E-state index is 8.24. The van der Waals surface area contributed by atoms with Crippen LogP contribution < -0.4 is 0 Å². The molecule has 0 bridgehead atoms. The summed E-state index contributed by atoms with van der Waals surface area (Å²) in [5.74, 6) is 2.96. The van der Waals surface area contributed by atoms with Gasteiger partial charge in [0, 0.05) is 5.92 Å². The van der Waals surface area contributed by atoms with Gasteiger partial charge in [-0.15, -0.1) is 0 Å². The minimum Gasteiger partial charge on any atom is -0.460 e. The lowest BCUT2D eigenvalue weighted by Crippen LogP contribution is -1.75. The Bertz CT molecular complexity index is 303. The van der Waals surface area contributed by atoms with Crippen LogP contribution in [0.5, 0.6) is 0 Å². The van der Waals surface area contributed by atoms with Crippen molar-refractivity contribution >= 4 is 6.21 Å². The Morgan fingerprint density at radius 2 is 2.42 bits per heavy atom. The van der Waals surface area contributed by atoms with Crippen molar-refractivity contribution in [3.63, 3.8) is 0 Å². The van der Waals surface area contributed by atoms with Crippen LogP contribution >= 0.6 is 0 Å². The first-order valence-electron chi connectivity index (χ1n) is 4.08. The molecule has 0 amide bonds. The molecule has 1 aromatic rings. The zero-order valence-electron chi connectivity index (χ0n) is 6.90. The fourth-order valence-corrected chi connectivity index (χ4v) is 1.41. The second kappa shape index (κ2) is 2.66. The molecule has 1 fully saturated rings. The van der Waals surface area contributed by atoms with E-state index in [1.807, 2.05) is 12.1 Å². The molecule has 0 saturated heterocycles. The number of nitrogens with zero attached hydrogens (tertiary/aromatic N) is 1. The van der Waals surface area contributed by atoms with E-state index in [4.69, 9.17) is 9.62 Å². The van der Waals surface area contributed by atoms with Crippen LogP contribution in [-0.2, 0) is 0 Å². The van der Waals surface area contributed by atoms with Gasteiger partial charge in [-0.3, -0.25) is 0 Å². The highest BCUT2D eigenvalue weighted by Crippen LogP contribution is 2.47. The third-order valence-corrected chi connectivity index (χ3v) is 2.31. The number of oxime groups is 1. The van der Waals surface area contributed by atoms with Gasteiger partial charge in [0.25, 0.3) is 0 Å². The molecule has 64 valence electrons. The first-order chi connectivity index (χ1) is 5.81. The van der Waals surface area contributed by atoms with Gasteiger partial charge in [0.2, 0.25) is 0 Å². The predicted octanol–water partition coefficient (Wildman–Crippen LogP) is 2.21. The minimum atomic E-state index is 0.589. The lowest BCUT2D eigenvalue weighted by Gasteiger charge is -1.88. The normalized spacial score (nSPS) is 28.1. The zero-order chi connectivity index (χ0) is 8.55. The molecule has 2 atom stereocenters. The molecule has 1 N–H and O–H groups in total. The molecule has 12 heavy (non-hydrogen) atoms. The van der Waals surface area contributed by atoms with Crippen molar-refractivity contribution in [2.24, 2.45) is 11.1 Å². The quantitative estimate of drug-likeness (QED) is 0.415. The maximum Gasteiger partial charge on any atom is 0.148 e. The monoisotopic (exact) mass is 165 g/mol. The van der Waals surface area contributed by atoms with Gasteiger partial charge in [-0.2, -0.15) is 0 Å². The highest BCUT2D eigenvalue weighted by Gasteiger charge is 2.36. The first-order valence-corrected chi connectivity index (χ1v) is 4.08. The molecule has 0 spiro atoms. The Hall–Kier alpha value is -1.25. The average molecular weight is 165 g/mol. The molecule has 3 nitrogen and oxygen atoms in total. The molecule has 1 aromatic heterocycles. The second-order valence-corrected chi connectivity index (χ2v) is 3.30. The average Bonchev–Trinajstić information content (AvgIpc) is 2.62. The Morgan fingerprint density at radius 1 is 1.67 bits per heavy atom. The van der Waals surface area contributed by atoms with Gasteiger partial charge in [-0.1, -0.05) is 12.1 Å². The van der Waals surface area contributed by atoms with E-state index in [1.54, 1.807) is 0 Å². The molecule has 1 aliphatic carbocycles. The van der Waals surface area contributed by atoms with Gasteiger partial charge < -0.3 is 9.62 Å². The predicted molar refractivity (Wildman–Crippen MR) is 44.6 cm³/mol. The summed E-state index contributed by atoms with van der Waals surface area (Å²) >= 11 is 0. The van der Waals surface area contributed by atoms with E-state index in [-0.39, 0.29) is 0 Å². The zero-order valence-corrected chi connectivity index (χ0v) is 6.90. The van der Waals surface area contributed by atoms with Crippen LogP contribution in [0.2, 0.25) is 0 Å². The third kappa shape index (κ3) is 1.22. The van der Waals surface area contributed by atoms with E-state index in [2.05, 4.69) is 12.1 Å². The lowest BCUT2D eigenvalue weighted by molar-refractivity contribution is 0.320. The SMILES string of the molecule is C[C@H]1C[C@H]1c1ccc(/C=N\O)o1. The van der Waals surface area contributed by atoms with E-state index in [1.165, 1.54) is 12.6 Å². The third-order valence-electron chi connectivity index (χ3n) is 2.31. The lowest BCUT2D eigenvalue weighted by atomic mass is 10.3. The van der Waals surface area contributed by atoms with E-state index >= 15 is 0 Å². The molecule has 1 heterocycles. The summed E-state index contributed by atoms with van der Waals surface area (Å²) in [6.07, 6.45) is 2.51. The van der Waals surface area contributed by atoms with Crippen LogP contribution in [0.1, 0.15) is 30.8 Å². The highest BCUT2D eigenvalue weighted by atomic mass is 16.4. The van der Waals surface area contributed by atoms with Crippen LogP contribution in [0.3, 0.4) is 0 Å². The van der Waals surface area contributed by atoms with Crippen molar-refractivity contribution in [2.45, 2.75) is 19.3 Å². The smallest absolute Gasteiger partial charge is 0.148 e. The summed E-state index contributed by atoms with van der Waals surface area (Å²) in [5.41, 5.74) is 0. The first kappa shape index (κ1) is 7.40. The van der Waals surface area contributed by atoms with Crippen molar-refractivity contribution in [1.29, 1.82) is 0 Å². The van der Waals surface area contributed by atoms with Crippen molar-refractivity contribution < 1.29 is 9.62 Å². The van der Waals surface area contributed by atoms with Crippen molar-refractivity contribution in [1.82, 2.24) is 0 Å². The second-order valence-electron chi connectivity index (χ2n) is 3.30. The van der Waals surface area contributed by atoms with Gasteiger partial charge in [0.1, 0.15) is 17.7 Å². The summed E-state index contributed by atoms with van der Waals surface area (Å²) in [6.45, 7) is 2.20. The fourth-order valence-electron chi connectivity index (χ4n) is 1.41. The Kier molecular flexibility index (Phi) is 1.64. The van der Waals surface area contributed by atoms with Crippen LogP contribution in [0.15, 0.2) is 21.7 Å². The Balaban J connectivity index is 2.14. The molecular weight excluding hydrogens is 154 g/mol. The van der Waals surface area contributed by atoms with E-state index < -0.39 is 0 Å². The molecule has 3 heteroatoms. The number of furan rings is 1. The Labute approximate surface area is 70.7 Å². The number of hydrogen-bond donors (Lipinski definition) is 1. The molecular formula is C9H11NO2. The molecule has 1 saturated carbocycles. The number of rotatable bonds is 2. The molecule has 0 unspecified atom stereocenters. The maximum atomic E-state index is 8.24. The van der Waals surface area contributed by atoms with Gasteiger partial charge in [-0.05, 0) is 24.5 Å². The summed E-state index contributed by atoms with van der Waals surface area (Å²) in [4.78, 5) is 0. The summed E-state index contributed by atoms with van der Waals surface area (Å²) < 4.78 is 5.41. The molecule has 2 rings (SSSR count). The van der Waals surface area contributed by atoms with E-state index in [9.17, 15) is 0 Å². The summed E-state index contributed by atoms with van der Waals surface area (Å²) in [7, 11) is 0. The van der Waals surface area contributed by atoms with Gasteiger partial charge >= 0.3 is 0 Å². The van der Waals surface area contributed by atoms with Crippen LogP contribution in [0.4, 0.5) is 0 Å². The van der Waals surface area contributed by atoms with Crippen molar-refractivity contribution in [2.75, 3.05) is 0 Å². The molecule has 0 aromatic carbocycles. The van der Waals surface area contributed by atoms with Gasteiger partial charge in [0.05, 0.1) is 0 Å². The molecule has 1 aliphatic rings. The van der Waals surface area contributed by atoms with Crippen molar-refractivity contribution in [3.05, 3.63) is 23.7 Å². The highest BCUT2D eigenvalue weighted by molar-refractivity contribution is 5.75. The van der Waals surface area contributed by atoms with Gasteiger partial charge in [-0.25, -0.2) is 0 Å². The van der Waals surface area contributed by atoms with Gasteiger partial charge in [0.15, 0.2) is 0 Å². The van der Waals surface area contributed by atoms with Crippen molar-refractivity contribution in [3.8, 4) is 0 Å². The molecule has 0 radical (unpaired) electrons. The van der Waals surface area contributed by atoms with Crippen LogP contribution in [-0.4, -0.2) is 11.4 Å². The summed E-state index contributed by atoms with van der Waals surface area (Å²) in [6, 6.07) is 3.77.